The Morgan fingerprint density at radius 1 is 0.540 bits per heavy atom. The molecule has 63 heavy (non-hydrogen) atoms. The van der Waals surface area contributed by atoms with Gasteiger partial charge in [0.25, 0.3) is 7.82 Å². The number of likely N-dealkylation sites (N-methyl/N-ethyl adjacent to an activating group) is 1. The summed E-state index contributed by atoms with van der Waals surface area (Å²) in [6.45, 7) is 4.65. The number of nitrogens with one attached hydrogen (secondary N) is 1. The Bertz CT molecular complexity index is 1120. The number of phosphoric acid groups is 1. The van der Waals surface area contributed by atoms with E-state index in [9.17, 15) is 19.4 Å². The minimum Gasteiger partial charge on any atom is -0.756 e. The van der Waals surface area contributed by atoms with Crippen molar-refractivity contribution < 1.29 is 32.9 Å². The summed E-state index contributed by atoms with van der Waals surface area (Å²) in [5.41, 5.74) is 0. The summed E-state index contributed by atoms with van der Waals surface area (Å²) in [6.07, 6.45) is 57.8. The van der Waals surface area contributed by atoms with Crippen molar-refractivity contribution in [2.24, 2.45) is 0 Å². The molecule has 3 unspecified atom stereocenters. The van der Waals surface area contributed by atoms with Crippen LogP contribution in [0.1, 0.15) is 251 Å². The van der Waals surface area contributed by atoms with E-state index in [4.69, 9.17) is 9.05 Å². The standard InChI is InChI=1S/C54H105N2O6P/c1-6-8-10-12-14-16-18-20-22-24-26-27-28-30-31-33-35-37-39-41-43-45-47-53(57)52(51-62-63(59,60)61-50-49-56(3,4)5)55-54(58)48-46-44-42-40-38-36-34-32-29-25-23-21-19-17-15-13-11-9-7-2/h30-31,37,39,45,47,52-53,57H,6-29,32-36,38,40-44,46,48-51H2,1-5H3,(H-,55,58,59,60)/b31-30+,39-37+,47-45+. The van der Waals surface area contributed by atoms with Crippen molar-refractivity contribution in [3.63, 3.8) is 0 Å². The van der Waals surface area contributed by atoms with Crippen LogP contribution in [0.5, 0.6) is 0 Å². The van der Waals surface area contributed by atoms with Gasteiger partial charge in [-0.15, -0.1) is 0 Å². The zero-order valence-corrected chi connectivity index (χ0v) is 43.2. The minimum absolute atomic E-state index is 0.00750. The van der Waals surface area contributed by atoms with Crippen molar-refractivity contribution in [2.75, 3.05) is 40.9 Å². The zero-order chi connectivity index (χ0) is 46.4. The molecule has 0 aliphatic carbocycles. The van der Waals surface area contributed by atoms with Crippen molar-refractivity contribution in [3.8, 4) is 0 Å². The predicted molar refractivity (Wildman–Crippen MR) is 270 cm³/mol. The van der Waals surface area contributed by atoms with Gasteiger partial charge in [0.1, 0.15) is 13.2 Å². The molecule has 0 bridgehead atoms. The summed E-state index contributed by atoms with van der Waals surface area (Å²) in [5, 5.41) is 13.8. The third kappa shape index (κ3) is 48.5. The minimum atomic E-state index is -4.60. The van der Waals surface area contributed by atoms with E-state index in [1.165, 1.54) is 186 Å². The van der Waals surface area contributed by atoms with E-state index in [1.54, 1.807) is 6.08 Å². The Balaban J connectivity index is 4.34. The van der Waals surface area contributed by atoms with Crippen molar-refractivity contribution in [1.82, 2.24) is 5.32 Å². The number of hydrogen-bond acceptors (Lipinski definition) is 6. The van der Waals surface area contributed by atoms with E-state index < -0.39 is 26.6 Å². The number of unbranched alkanes of at least 4 members (excludes halogenated alkanes) is 32. The van der Waals surface area contributed by atoms with Crippen molar-refractivity contribution in [3.05, 3.63) is 36.5 Å². The highest BCUT2D eigenvalue weighted by atomic mass is 31.2. The molecule has 0 spiro atoms. The summed E-state index contributed by atoms with van der Waals surface area (Å²) >= 11 is 0. The van der Waals surface area contributed by atoms with Crippen LogP contribution in [0.15, 0.2) is 36.5 Å². The highest BCUT2D eigenvalue weighted by Gasteiger charge is 2.23. The number of nitrogens with zero attached hydrogens (tertiary/aromatic N) is 1. The monoisotopic (exact) mass is 909 g/mol. The molecule has 0 aromatic heterocycles. The van der Waals surface area contributed by atoms with Gasteiger partial charge in [-0.3, -0.25) is 9.36 Å². The van der Waals surface area contributed by atoms with Crippen LogP contribution in [0.4, 0.5) is 0 Å². The maximum Gasteiger partial charge on any atom is 0.268 e. The first-order valence-corrected chi connectivity index (χ1v) is 28.3. The largest absolute Gasteiger partial charge is 0.756 e. The number of aliphatic hydroxyl groups excluding tert-OH is 1. The molecule has 9 heteroatoms. The van der Waals surface area contributed by atoms with E-state index in [0.29, 0.717) is 17.4 Å². The van der Waals surface area contributed by atoms with Crippen LogP contribution >= 0.6 is 7.82 Å². The predicted octanol–water partition coefficient (Wildman–Crippen LogP) is 15.2. The average Bonchev–Trinajstić information content (AvgIpc) is 3.24. The fourth-order valence-electron chi connectivity index (χ4n) is 7.83. The van der Waals surface area contributed by atoms with Gasteiger partial charge in [-0.05, 0) is 44.9 Å². The molecule has 0 aliphatic rings. The molecule has 0 aromatic rings. The first kappa shape index (κ1) is 61.7. The second-order valence-corrected chi connectivity index (χ2v) is 21.0. The van der Waals surface area contributed by atoms with Crippen molar-refractivity contribution >= 4 is 13.7 Å². The molecule has 0 fully saturated rings. The number of aliphatic hydroxyl groups is 1. The summed E-state index contributed by atoms with van der Waals surface area (Å²) in [5.74, 6) is -0.208. The summed E-state index contributed by atoms with van der Waals surface area (Å²) < 4.78 is 23.3. The number of amides is 1. The highest BCUT2D eigenvalue weighted by molar-refractivity contribution is 7.45. The zero-order valence-electron chi connectivity index (χ0n) is 42.3. The van der Waals surface area contributed by atoms with E-state index >= 15 is 0 Å². The van der Waals surface area contributed by atoms with Gasteiger partial charge in [-0.1, -0.05) is 237 Å². The molecule has 0 rings (SSSR count). The number of carbonyl (C=O) groups excluding carboxylic acids is 1. The summed E-state index contributed by atoms with van der Waals surface area (Å²) in [4.78, 5) is 25.4. The van der Waals surface area contributed by atoms with E-state index in [-0.39, 0.29) is 12.5 Å². The second-order valence-electron chi connectivity index (χ2n) is 19.6. The molecule has 0 aliphatic heterocycles. The Morgan fingerprint density at radius 3 is 1.29 bits per heavy atom. The smallest absolute Gasteiger partial charge is 0.268 e. The molecular weight excluding hydrogens is 804 g/mol. The van der Waals surface area contributed by atoms with Crippen LogP contribution in [-0.2, 0) is 18.4 Å². The number of rotatable bonds is 49. The first-order chi connectivity index (χ1) is 30.5. The number of quaternary nitrogens is 1. The highest BCUT2D eigenvalue weighted by Crippen LogP contribution is 2.38. The molecule has 0 radical (unpaired) electrons. The van der Waals surface area contributed by atoms with Gasteiger partial charge in [0.15, 0.2) is 0 Å². The van der Waals surface area contributed by atoms with Crippen LogP contribution < -0.4 is 10.2 Å². The summed E-state index contributed by atoms with van der Waals surface area (Å²) in [6, 6.07) is -0.907. The topological polar surface area (TPSA) is 108 Å². The fraction of sp³-hybridized carbons (Fsp3) is 0.870. The van der Waals surface area contributed by atoms with Crippen LogP contribution in [-0.4, -0.2) is 68.5 Å². The van der Waals surface area contributed by atoms with Gasteiger partial charge in [0.05, 0.1) is 39.9 Å². The Morgan fingerprint density at radius 2 is 0.889 bits per heavy atom. The van der Waals surface area contributed by atoms with Crippen LogP contribution in [0.25, 0.3) is 0 Å². The van der Waals surface area contributed by atoms with Gasteiger partial charge in [0, 0.05) is 6.42 Å². The molecule has 2 N–H and O–H groups in total. The van der Waals surface area contributed by atoms with E-state index in [0.717, 1.165) is 44.9 Å². The average molecular weight is 909 g/mol. The molecule has 8 nitrogen and oxygen atoms in total. The Kier molecular flexibility index (Phi) is 44.9. The van der Waals surface area contributed by atoms with Gasteiger partial charge < -0.3 is 28.8 Å². The number of allylic oxidation sites excluding steroid dienone is 5. The second kappa shape index (κ2) is 45.9. The first-order valence-electron chi connectivity index (χ1n) is 26.9. The maximum absolute atomic E-state index is 12.9. The molecule has 3 atom stereocenters. The third-order valence-corrected chi connectivity index (χ3v) is 13.0. The van der Waals surface area contributed by atoms with Gasteiger partial charge in [-0.25, -0.2) is 0 Å². The van der Waals surface area contributed by atoms with Crippen molar-refractivity contribution in [2.45, 2.75) is 264 Å². The van der Waals surface area contributed by atoms with Gasteiger partial charge in [-0.2, -0.15) is 0 Å². The molecule has 1 amide bonds. The van der Waals surface area contributed by atoms with Crippen molar-refractivity contribution in [1.29, 1.82) is 0 Å². The lowest BCUT2D eigenvalue weighted by Gasteiger charge is -2.29. The van der Waals surface area contributed by atoms with Gasteiger partial charge >= 0.3 is 0 Å². The lowest BCUT2D eigenvalue weighted by atomic mass is 10.0. The number of phosphoric ester groups is 1. The summed E-state index contributed by atoms with van der Waals surface area (Å²) in [7, 11) is 1.24. The SMILES string of the molecule is CCCCCCCCCCCCCC/C=C/CC/C=C/CC/C=C/C(O)C(COP(=O)([O-])OCC[N+](C)(C)C)NC(=O)CCCCCCCCCCCCCCCCCCCCC. The normalized spacial score (nSPS) is 14.3. The molecule has 0 aromatic carbocycles. The van der Waals surface area contributed by atoms with E-state index in [1.807, 2.05) is 27.2 Å². The lowest BCUT2D eigenvalue weighted by Crippen LogP contribution is -2.45. The Labute approximate surface area is 391 Å². The molecule has 0 saturated carbocycles. The molecule has 0 heterocycles. The quantitative estimate of drug-likeness (QED) is 0.0272. The van der Waals surface area contributed by atoms with Gasteiger partial charge in [0.2, 0.25) is 5.91 Å². The molecular formula is C54H105N2O6P. The number of hydrogen-bond donors (Lipinski definition) is 2. The molecule has 0 saturated heterocycles. The number of carbonyl (C=O) groups is 1. The van der Waals surface area contributed by atoms with E-state index in [2.05, 4.69) is 43.5 Å². The molecule has 372 valence electrons. The fourth-order valence-corrected chi connectivity index (χ4v) is 8.56. The van der Waals surface area contributed by atoms with Crippen LogP contribution in [0.2, 0.25) is 0 Å². The Hall–Kier alpha value is -1.28. The third-order valence-electron chi connectivity index (χ3n) is 12.1. The lowest BCUT2D eigenvalue weighted by molar-refractivity contribution is -0.870. The maximum atomic E-state index is 12.9. The van der Waals surface area contributed by atoms with Crippen LogP contribution in [0, 0.1) is 0 Å². The van der Waals surface area contributed by atoms with Crippen LogP contribution in [0.3, 0.4) is 0 Å².